The van der Waals surface area contributed by atoms with Gasteiger partial charge in [0.05, 0.1) is 16.6 Å². The van der Waals surface area contributed by atoms with Crippen molar-refractivity contribution in [3.63, 3.8) is 0 Å². The maximum Gasteiger partial charge on any atom is 0.336 e. The quantitative estimate of drug-likeness (QED) is 0.0423. The first-order valence-electron chi connectivity index (χ1n) is 14.8. The van der Waals surface area contributed by atoms with Gasteiger partial charge in [0.25, 0.3) is 10.1 Å². The van der Waals surface area contributed by atoms with Crippen LogP contribution in [0.4, 0.5) is 5.69 Å². The van der Waals surface area contributed by atoms with Crippen LogP contribution >= 0.6 is 0 Å². The fourth-order valence-corrected chi connectivity index (χ4v) is 8.00. The molecule has 1 heterocycles. The lowest BCUT2D eigenvalue weighted by atomic mass is 9.90. The molecule has 2 aromatic rings. The van der Waals surface area contributed by atoms with E-state index >= 15 is 0 Å². The standard InChI is InChI=1S/C31H36N4O10S2/c32-16-6-2-8-18-35(17-7-1-3-11-25(36)37)46(40,41)29-23(33)14-12-21-26(19-9-4-5-10-20(19)31(38)39)22-13-15-24(34)30(47(42,43)44)28(22)45-27(21)29/h4-5,9-10,12-15,34H,1-3,6-8,11,16-18,32-33H2,(H,36,37)(H,38,39)(H,42,43,44). The third kappa shape index (κ3) is 7.63. The van der Waals surface area contributed by atoms with E-state index in [9.17, 15) is 36.1 Å². The van der Waals surface area contributed by atoms with Crippen LogP contribution in [0.25, 0.3) is 33.4 Å². The highest BCUT2D eigenvalue weighted by atomic mass is 32.2. The van der Waals surface area contributed by atoms with Crippen molar-refractivity contribution in [2.24, 2.45) is 5.73 Å². The topological polar surface area (TPSA) is 255 Å². The minimum absolute atomic E-state index is 0.0000144. The normalized spacial score (nSPS) is 12.2. The first kappa shape index (κ1) is 35.5. The van der Waals surface area contributed by atoms with Crippen molar-refractivity contribution in [2.45, 2.75) is 54.7 Å². The van der Waals surface area contributed by atoms with Crippen LogP contribution < -0.4 is 16.8 Å². The number of nitrogens with one attached hydrogen (secondary N) is 1. The maximum atomic E-state index is 14.5. The number of fused-ring (bicyclic) bond motifs is 2. The minimum Gasteiger partial charge on any atom is -0.481 e. The number of aromatic carboxylic acids is 1. The van der Waals surface area contributed by atoms with Crippen LogP contribution in [0, 0.1) is 5.41 Å². The lowest BCUT2D eigenvalue weighted by molar-refractivity contribution is -0.137. The van der Waals surface area contributed by atoms with E-state index in [1.807, 2.05) is 0 Å². The number of anilines is 1. The Morgan fingerprint density at radius 3 is 2.11 bits per heavy atom. The van der Waals surface area contributed by atoms with Gasteiger partial charge in [0.1, 0.15) is 4.90 Å². The van der Waals surface area contributed by atoms with Crippen molar-refractivity contribution in [1.29, 1.82) is 5.41 Å². The van der Waals surface area contributed by atoms with Crippen LogP contribution in [-0.4, -0.2) is 67.5 Å². The number of sulfonamides is 1. The molecule has 14 nitrogen and oxygen atoms in total. The van der Waals surface area contributed by atoms with E-state index in [2.05, 4.69) is 0 Å². The monoisotopic (exact) mass is 688 g/mol. The van der Waals surface area contributed by atoms with Crippen molar-refractivity contribution >= 4 is 48.7 Å². The van der Waals surface area contributed by atoms with E-state index in [1.165, 1.54) is 40.7 Å². The molecule has 16 heteroatoms. The summed E-state index contributed by atoms with van der Waals surface area (Å²) in [6, 6.07) is 11.0. The van der Waals surface area contributed by atoms with Gasteiger partial charge in [-0.3, -0.25) is 14.8 Å². The number of carboxylic acid groups (broad SMARTS) is 2. The Morgan fingerprint density at radius 2 is 1.49 bits per heavy atom. The Morgan fingerprint density at radius 1 is 0.830 bits per heavy atom. The summed E-state index contributed by atoms with van der Waals surface area (Å²) >= 11 is 0. The Hall–Kier alpha value is -4.35. The highest BCUT2D eigenvalue weighted by molar-refractivity contribution is 7.89. The molecule has 0 unspecified atom stereocenters. The lowest BCUT2D eigenvalue weighted by Gasteiger charge is -2.25. The molecule has 1 aliphatic heterocycles. The number of unbranched alkanes of at least 4 members (excludes halogenated alkanes) is 4. The Labute approximate surface area is 271 Å². The molecule has 0 spiro atoms. The van der Waals surface area contributed by atoms with Gasteiger partial charge in [-0.2, -0.15) is 12.7 Å². The molecular weight excluding hydrogens is 652 g/mol. The van der Waals surface area contributed by atoms with Gasteiger partial charge in [-0.25, -0.2) is 13.2 Å². The number of hydrogen-bond acceptors (Lipinski definition) is 10. The Balaban J connectivity index is 2.06. The van der Waals surface area contributed by atoms with Gasteiger partial charge in [-0.15, -0.1) is 0 Å². The molecule has 47 heavy (non-hydrogen) atoms. The van der Waals surface area contributed by atoms with Gasteiger partial charge < -0.3 is 26.1 Å². The molecule has 0 fully saturated rings. The van der Waals surface area contributed by atoms with Crippen LogP contribution in [0.15, 0.2) is 62.7 Å². The number of nitrogens with two attached hydrogens (primary N) is 2. The van der Waals surface area contributed by atoms with Crippen molar-refractivity contribution in [3.8, 4) is 22.5 Å². The van der Waals surface area contributed by atoms with E-state index in [0.29, 0.717) is 45.1 Å². The van der Waals surface area contributed by atoms with Gasteiger partial charge in [0, 0.05) is 36.0 Å². The molecule has 252 valence electrons. The van der Waals surface area contributed by atoms with E-state index in [1.54, 1.807) is 6.07 Å². The molecule has 0 saturated heterocycles. The smallest absolute Gasteiger partial charge is 0.336 e. The van der Waals surface area contributed by atoms with E-state index in [4.69, 9.17) is 26.4 Å². The van der Waals surface area contributed by atoms with Crippen molar-refractivity contribution in [1.82, 2.24) is 4.31 Å². The number of nitrogens with zero attached hydrogens (tertiary/aromatic N) is 1. The molecule has 0 radical (unpaired) electrons. The first-order valence-corrected chi connectivity index (χ1v) is 17.7. The van der Waals surface area contributed by atoms with Gasteiger partial charge in [0.15, 0.2) is 16.2 Å². The Kier molecular flexibility index (Phi) is 11.0. The van der Waals surface area contributed by atoms with Gasteiger partial charge >= 0.3 is 11.9 Å². The van der Waals surface area contributed by atoms with E-state index in [-0.39, 0.29) is 52.8 Å². The summed E-state index contributed by atoms with van der Waals surface area (Å²) < 4.78 is 71.4. The molecule has 1 aliphatic carbocycles. The number of rotatable bonds is 16. The largest absolute Gasteiger partial charge is 0.481 e. The zero-order valence-electron chi connectivity index (χ0n) is 25.3. The van der Waals surface area contributed by atoms with Gasteiger partial charge in [-0.05, 0) is 68.1 Å². The second-order valence-corrected chi connectivity index (χ2v) is 14.2. The molecule has 2 aliphatic rings. The van der Waals surface area contributed by atoms with Gasteiger partial charge in [-0.1, -0.05) is 31.0 Å². The van der Waals surface area contributed by atoms with Crippen molar-refractivity contribution in [2.75, 3.05) is 25.4 Å². The number of carbonyl (C=O) groups is 2. The van der Waals surface area contributed by atoms with Crippen molar-refractivity contribution < 1.29 is 45.6 Å². The summed E-state index contributed by atoms with van der Waals surface area (Å²) in [7, 11) is -9.62. The van der Waals surface area contributed by atoms with Crippen LogP contribution in [0.1, 0.15) is 55.3 Å². The number of carboxylic acids is 2. The molecular formula is C31H36N4O10S2. The molecule has 2 aromatic carbocycles. The van der Waals surface area contributed by atoms with Gasteiger partial charge in [0.2, 0.25) is 10.0 Å². The summed E-state index contributed by atoms with van der Waals surface area (Å²) in [6.07, 6.45) is 2.77. The van der Waals surface area contributed by atoms with Crippen LogP contribution in [0.2, 0.25) is 0 Å². The molecule has 4 rings (SSSR count). The minimum atomic E-state index is -5.11. The number of aliphatic carboxylic acids is 1. The molecule has 0 bridgehead atoms. The molecule has 0 atom stereocenters. The fourth-order valence-electron chi connectivity index (χ4n) is 5.52. The zero-order chi connectivity index (χ0) is 34.5. The fraction of sp³-hybridized carbons (Fsp3) is 0.323. The van der Waals surface area contributed by atoms with Crippen molar-refractivity contribution in [3.05, 3.63) is 59.5 Å². The molecule has 8 N–H and O–H groups in total. The number of hydrogen-bond donors (Lipinski definition) is 6. The number of benzene rings is 3. The van der Waals surface area contributed by atoms with E-state index < -0.39 is 58.6 Å². The average molecular weight is 689 g/mol. The second-order valence-electron chi connectivity index (χ2n) is 10.9. The molecule has 0 amide bonds. The maximum absolute atomic E-state index is 14.5. The van der Waals surface area contributed by atoms with E-state index in [0.717, 1.165) is 6.07 Å². The summed E-state index contributed by atoms with van der Waals surface area (Å²) in [4.78, 5) is 21.8. The SMILES string of the molecule is N=c1ccc2c(-c3ccccc3C(=O)O)c3ccc(N)c(S(=O)(=O)N(CCCCCN)CCCCCC(=O)O)c3oc-2c1S(=O)(=O)O. The predicted molar refractivity (Wildman–Crippen MR) is 173 cm³/mol. The molecule has 0 aromatic heterocycles. The molecule has 0 saturated carbocycles. The highest BCUT2D eigenvalue weighted by Gasteiger charge is 2.34. The lowest BCUT2D eigenvalue weighted by Crippen LogP contribution is -2.34. The second kappa shape index (κ2) is 14.6. The van der Waals surface area contributed by atoms with Crippen LogP contribution in [-0.2, 0) is 24.9 Å². The third-order valence-corrected chi connectivity index (χ3v) is 10.6. The highest BCUT2D eigenvalue weighted by Crippen LogP contribution is 2.46. The number of nitrogen functional groups attached to an aromatic ring is 1. The third-order valence-electron chi connectivity index (χ3n) is 7.69. The average Bonchev–Trinajstić information content (AvgIpc) is 2.99. The predicted octanol–water partition coefficient (Wildman–Crippen LogP) is 3.98. The summed E-state index contributed by atoms with van der Waals surface area (Å²) in [5.41, 5.74) is 11.3. The summed E-state index contributed by atoms with van der Waals surface area (Å²) in [6.45, 7) is 0.487. The summed E-state index contributed by atoms with van der Waals surface area (Å²) in [5, 5.41) is 26.7. The summed E-state index contributed by atoms with van der Waals surface area (Å²) in [5.74, 6) is -2.84. The van der Waals surface area contributed by atoms with Crippen LogP contribution in [0.3, 0.4) is 0 Å². The van der Waals surface area contributed by atoms with Crippen LogP contribution in [0.5, 0.6) is 0 Å². The first-order chi connectivity index (χ1) is 22.2. The Bertz CT molecular complexity index is 2060. The zero-order valence-corrected chi connectivity index (χ0v) is 26.9.